The minimum absolute atomic E-state index is 0.562. The molecule has 1 atom stereocenters. The van der Waals surface area contributed by atoms with Crippen molar-refractivity contribution in [2.24, 2.45) is 0 Å². The molecular formula is C13H18BrClN2. The molecule has 1 aliphatic heterocycles. The van der Waals surface area contributed by atoms with E-state index in [1.54, 1.807) is 0 Å². The maximum absolute atomic E-state index is 6.25. The molecule has 1 aliphatic rings. The van der Waals surface area contributed by atoms with E-state index in [2.05, 4.69) is 45.2 Å². The highest BCUT2D eigenvalue weighted by atomic mass is 79.9. The molecule has 0 amide bonds. The van der Waals surface area contributed by atoms with Crippen molar-refractivity contribution in [3.8, 4) is 0 Å². The molecule has 1 heterocycles. The van der Waals surface area contributed by atoms with E-state index in [9.17, 15) is 0 Å². The Morgan fingerprint density at radius 2 is 2.35 bits per heavy atom. The Kier molecular flexibility index (Phi) is 4.86. The minimum Gasteiger partial charge on any atom is -0.313 e. The molecule has 0 radical (unpaired) electrons. The van der Waals surface area contributed by atoms with Gasteiger partial charge in [0.15, 0.2) is 0 Å². The molecule has 0 aromatic heterocycles. The number of nitrogens with one attached hydrogen (secondary N) is 1. The minimum atomic E-state index is 0.562. The highest BCUT2D eigenvalue weighted by Crippen LogP contribution is 2.23. The predicted octanol–water partition coefficient (Wildman–Crippen LogP) is 3.29. The van der Waals surface area contributed by atoms with Crippen molar-refractivity contribution in [2.75, 3.05) is 19.6 Å². The molecule has 1 aromatic rings. The van der Waals surface area contributed by atoms with Crippen LogP contribution in [0.4, 0.5) is 0 Å². The van der Waals surface area contributed by atoms with Gasteiger partial charge in [0.05, 0.1) is 0 Å². The first-order chi connectivity index (χ1) is 8.15. The number of rotatable bonds is 2. The lowest BCUT2D eigenvalue weighted by atomic mass is 10.2. The molecule has 4 heteroatoms. The second kappa shape index (κ2) is 6.19. The first-order valence-corrected chi connectivity index (χ1v) is 7.22. The van der Waals surface area contributed by atoms with Gasteiger partial charge in [-0.05, 0) is 44.1 Å². The van der Waals surface area contributed by atoms with Crippen LogP contribution in [0.5, 0.6) is 0 Å². The summed E-state index contributed by atoms with van der Waals surface area (Å²) in [6, 6.07) is 6.69. The molecule has 17 heavy (non-hydrogen) atoms. The van der Waals surface area contributed by atoms with Crippen molar-refractivity contribution in [1.29, 1.82) is 0 Å². The highest BCUT2D eigenvalue weighted by Gasteiger charge is 2.15. The van der Waals surface area contributed by atoms with Crippen LogP contribution in [0.2, 0.25) is 5.02 Å². The average molecular weight is 318 g/mol. The van der Waals surface area contributed by atoms with E-state index >= 15 is 0 Å². The van der Waals surface area contributed by atoms with Gasteiger partial charge in [0, 0.05) is 28.6 Å². The fourth-order valence-electron chi connectivity index (χ4n) is 2.23. The third kappa shape index (κ3) is 3.95. The van der Waals surface area contributed by atoms with Gasteiger partial charge in [0.1, 0.15) is 0 Å². The van der Waals surface area contributed by atoms with Gasteiger partial charge in [-0.25, -0.2) is 0 Å². The third-order valence-electron chi connectivity index (χ3n) is 3.09. The van der Waals surface area contributed by atoms with Gasteiger partial charge in [0.25, 0.3) is 0 Å². The molecule has 0 saturated carbocycles. The van der Waals surface area contributed by atoms with Crippen LogP contribution in [0.1, 0.15) is 18.9 Å². The fourth-order valence-corrected chi connectivity index (χ4v) is 2.96. The van der Waals surface area contributed by atoms with Crippen LogP contribution in [0.3, 0.4) is 0 Å². The zero-order chi connectivity index (χ0) is 12.3. The third-order valence-corrected chi connectivity index (χ3v) is 3.93. The van der Waals surface area contributed by atoms with Gasteiger partial charge in [-0.15, -0.1) is 0 Å². The first-order valence-electron chi connectivity index (χ1n) is 6.05. The second-order valence-electron chi connectivity index (χ2n) is 4.68. The van der Waals surface area contributed by atoms with E-state index in [1.165, 1.54) is 12.0 Å². The molecule has 0 aliphatic carbocycles. The van der Waals surface area contributed by atoms with Crippen LogP contribution in [0.15, 0.2) is 22.7 Å². The summed E-state index contributed by atoms with van der Waals surface area (Å²) >= 11 is 9.69. The van der Waals surface area contributed by atoms with E-state index in [0.29, 0.717) is 6.04 Å². The molecule has 0 spiro atoms. The van der Waals surface area contributed by atoms with Crippen molar-refractivity contribution in [3.63, 3.8) is 0 Å². The number of benzene rings is 1. The summed E-state index contributed by atoms with van der Waals surface area (Å²) in [6.45, 7) is 6.53. The lowest BCUT2D eigenvalue weighted by Gasteiger charge is -2.22. The zero-order valence-corrected chi connectivity index (χ0v) is 12.4. The molecule has 1 saturated heterocycles. The fraction of sp³-hybridized carbons (Fsp3) is 0.538. The van der Waals surface area contributed by atoms with Gasteiger partial charge in [-0.1, -0.05) is 33.6 Å². The van der Waals surface area contributed by atoms with Gasteiger partial charge in [-0.2, -0.15) is 0 Å². The Balaban J connectivity index is 2.03. The van der Waals surface area contributed by atoms with Crippen LogP contribution >= 0.6 is 27.5 Å². The van der Waals surface area contributed by atoms with Crippen molar-refractivity contribution in [1.82, 2.24) is 10.2 Å². The Hall–Kier alpha value is -0.0900. The van der Waals surface area contributed by atoms with Crippen molar-refractivity contribution >= 4 is 27.5 Å². The molecule has 1 aromatic carbocycles. The molecule has 1 N–H and O–H groups in total. The SMILES string of the molecule is CC1CN(Cc2ccc(Br)cc2Cl)CCCN1. The summed E-state index contributed by atoms with van der Waals surface area (Å²) in [5, 5.41) is 4.35. The molecule has 2 nitrogen and oxygen atoms in total. The standard InChI is InChI=1S/C13H18BrClN2/c1-10-8-17(6-2-5-16-10)9-11-3-4-12(14)7-13(11)15/h3-4,7,10,16H,2,5-6,8-9H2,1H3. The summed E-state index contributed by atoms with van der Waals surface area (Å²) < 4.78 is 1.04. The maximum atomic E-state index is 6.25. The largest absolute Gasteiger partial charge is 0.313 e. The van der Waals surface area contributed by atoms with Crippen LogP contribution in [-0.4, -0.2) is 30.6 Å². The summed E-state index contributed by atoms with van der Waals surface area (Å²) in [5.74, 6) is 0. The summed E-state index contributed by atoms with van der Waals surface area (Å²) in [5.41, 5.74) is 1.21. The van der Waals surface area contributed by atoms with E-state index in [1.807, 2.05) is 6.07 Å². The number of halogens is 2. The molecule has 1 fully saturated rings. The lowest BCUT2D eigenvalue weighted by molar-refractivity contribution is 0.265. The van der Waals surface area contributed by atoms with Crippen LogP contribution in [0.25, 0.3) is 0 Å². The highest BCUT2D eigenvalue weighted by molar-refractivity contribution is 9.10. The Labute approximate surface area is 116 Å². The Morgan fingerprint density at radius 1 is 1.53 bits per heavy atom. The van der Waals surface area contributed by atoms with Gasteiger partial charge in [0.2, 0.25) is 0 Å². The molecule has 94 valence electrons. The maximum Gasteiger partial charge on any atom is 0.0462 e. The first kappa shape index (κ1) is 13.3. The van der Waals surface area contributed by atoms with E-state index in [0.717, 1.165) is 35.7 Å². The van der Waals surface area contributed by atoms with Crippen molar-refractivity contribution < 1.29 is 0 Å². The van der Waals surface area contributed by atoms with Gasteiger partial charge < -0.3 is 5.32 Å². The van der Waals surface area contributed by atoms with Gasteiger partial charge in [-0.3, -0.25) is 4.90 Å². The molecule has 0 bridgehead atoms. The number of hydrogen-bond acceptors (Lipinski definition) is 2. The lowest BCUT2D eigenvalue weighted by Crippen LogP contribution is -2.35. The van der Waals surface area contributed by atoms with Crippen molar-refractivity contribution in [2.45, 2.75) is 25.9 Å². The van der Waals surface area contributed by atoms with E-state index < -0.39 is 0 Å². The Bertz CT molecular complexity index is 384. The average Bonchev–Trinajstić information content (AvgIpc) is 2.47. The topological polar surface area (TPSA) is 15.3 Å². The number of nitrogens with zero attached hydrogens (tertiary/aromatic N) is 1. The van der Waals surface area contributed by atoms with Gasteiger partial charge >= 0.3 is 0 Å². The monoisotopic (exact) mass is 316 g/mol. The summed E-state index contributed by atoms with van der Waals surface area (Å²) in [4.78, 5) is 2.47. The van der Waals surface area contributed by atoms with E-state index in [-0.39, 0.29) is 0 Å². The predicted molar refractivity (Wildman–Crippen MR) is 76.5 cm³/mol. The van der Waals surface area contributed by atoms with Crippen molar-refractivity contribution in [3.05, 3.63) is 33.3 Å². The second-order valence-corrected chi connectivity index (χ2v) is 6.00. The molecule has 2 rings (SSSR count). The quantitative estimate of drug-likeness (QED) is 0.900. The number of hydrogen-bond donors (Lipinski definition) is 1. The molecule has 1 unspecified atom stereocenters. The van der Waals surface area contributed by atoms with Crippen LogP contribution < -0.4 is 5.32 Å². The summed E-state index contributed by atoms with van der Waals surface area (Å²) in [7, 11) is 0. The van der Waals surface area contributed by atoms with E-state index in [4.69, 9.17) is 11.6 Å². The van der Waals surface area contributed by atoms with Crippen LogP contribution in [-0.2, 0) is 6.54 Å². The smallest absolute Gasteiger partial charge is 0.0462 e. The Morgan fingerprint density at radius 3 is 3.12 bits per heavy atom. The molecular weight excluding hydrogens is 300 g/mol. The van der Waals surface area contributed by atoms with Crippen LogP contribution in [0, 0.1) is 0 Å². The zero-order valence-electron chi connectivity index (χ0n) is 10.0. The summed E-state index contributed by atoms with van der Waals surface area (Å²) in [6.07, 6.45) is 1.21. The normalized spacial score (nSPS) is 22.4.